The third-order valence-corrected chi connectivity index (χ3v) is 6.88. The van der Waals surface area contributed by atoms with Crippen molar-refractivity contribution in [2.24, 2.45) is 5.41 Å². The van der Waals surface area contributed by atoms with Crippen LogP contribution in [0.3, 0.4) is 0 Å². The molecule has 0 radical (unpaired) electrons. The lowest BCUT2D eigenvalue weighted by atomic mass is 10.2. The fourth-order valence-corrected chi connectivity index (χ4v) is 4.80. The maximum absolute atomic E-state index is 4.15. The molecular weight excluding hydrogens is 300 g/mol. The van der Waals surface area contributed by atoms with E-state index in [9.17, 15) is 0 Å². The van der Waals surface area contributed by atoms with Crippen molar-refractivity contribution in [3.05, 3.63) is 0 Å². The molecule has 6 heteroatoms. The van der Waals surface area contributed by atoms with Gasteiger partial charge in [-0.3, -0.25) is 0 Å². The fourth-order valence-electron chi connectivity index (χ4n) is 1.05. The van der Waals surface area contributed by atoms with Crippen LogP contribution >= 0.6 is 50.8 Å². The minimum Gasteiger partial charge on any atom is -0.131 e. The molecule has 1 saturated carbocycles. The van der Waals surface area contributed by atoms with E-state index < -0.39 is 0 Å². The second-order valence-electron chi connectivity index (χ2n) is 3.46. The Labute approximate surface area is 105 Å². The van der Waals surface area contributed by atoms with Crippen LogP contribution in [-0.2, 0) is 0 Å². The highest BCUT2D eigenvalue weighted by molar-refractivity contribution is 9.09. The topological polar surface area (TPSA) is 25.8 Å². The lowest BCUT2D eigenvalue weighted by Gasteiger charge is -2.07. The largest absolute Gasteiger partial charge is 0.175 e. The standard InChI is InChI=1S/C8H11BrN2S3/c1-12-6-10-11-7(14-6)13-5-8(4-9)2-3-8/h2-5H2,1H3. The number of rotatable bonds is 5. The molecule has 2 nitrogen and oxygen atoms in total. The maximum Gasteiger partial charge on any atom is 0.175 e. The summed E-state index contributed by atoms with van der Waals surface area (Å²) in [4.78, 5) is 0. The highest BCUT2D eigenvalue weighted by Crippen LogP contribution is 2.50. The van der Waals surface area contributed by atoms with Crippen molar-refractivity contribution in [3.63, 3.8) is 0 Å². The van der Waals surface area contributed by atoms with E-state index in [2.05, 4.69) is 26.1 Å². The van der Waals surface area contributed by atoms with Gasteiger partial charge in [0, 0.05) is 11.1 Å². The van der Waals surface area contributed by atoms with E-state index in [4.69, 9.17) is 0 Å². The Hall–Kier alpha value is 0.740. The molecular formula is C8H11BrN2S3. The SMILES string of the molecule is CSc1nnc(SCC2(CBr)CC2)s1. The van der Waals surface area contributed by atoms with Crippen LogP contribution in [0.25, 0.3) is 0 Å². The van der Waals surface area contributed by atoms with Crippen molar-refractivity contribution in [2.45, 2.75) is 21.5 Å². The number of nitrogens with zero attached hydrogens (tertiary/aromatic N) is 2. The molecule has 1 heterocycles. The van der Waals surface area contributed by atoms with Crippen LogP contribution in [0.2, 0.25) is 0 Å². The van der Waals surface area contributed by atoms with Gasteiger partial charge < -0.3 is 0 Å². The molecule has 0 saturated heterocycles. The average molecular weight is 311 g/mol. The predicted octanol–water partition coefficient (Wildman–Crippen LogP) is 3.53. The molecule has 0 spiro atoms. The predicted molar refractivity (Wildman–Crippen MR) is 67.9 cm³/mol. The van der Waals surface area contributed by atoms with Crippen LogP contribution in [0.15, 0.2) is 8.68 Å². The molecule has 0 N–H and O–H groups in total. The van der Waals surface area contributed by atoms with Gasteiger partial charge in [0.05, 0.1) is 0 Å². The van der Waals surface area contributed by atoms with Crippen LogP contribution in [0.4, 0.5) is 0 Å². The summed E-state index contributed by atoms with van der Waals surface area (Å²) in [5.74, 6) is 1.18. The summed E-state index contributed by atoms with van der Waals surface area (Å²) in [5.41, 5.74) is 0.565. The van der Waals surface area contributed by atoms with E-state index >= 15 is 0 Å². The van der Waals surface area contributed by atoms with Gasteiger partial charge in [-0.25, -0.2) is 0 Å². The molecule has 1 aliphatic rings. The summed E-state index contributed by atoms with van der Waals surface area (Å²) in [6.07, 6.45) is 4.76. The molecule has 0 aromatic carbocycles. The minimum absolute atomic E-state index is 0.565. The van der Waals surface area contributed by atoms with E-state index in [-0.39, 0.29) is 0 Å². The monoisotopic (exact) mass is 310 g/mol. The first-order valence-electron chi connectivity index (χ1n) is 4.34. The second kappa shape index (κ2) is 4.72. The Balaban J connectivity index is 1.85. The first-order valence-corrected chi connectivity index (χ1v) is 8.49. The molecule has 78 valence electrons. The van der Waals surface area contributed by atoms with Crippen LogP contribution in [0.5, 0.6) is 0 Å². The van der Waals surface area contributed by atoms with E-state index in [0.29, 0.717) is 5.41 Å². The molecule has 0 bridgehead atoms. The summed E-state index contributed by atoms with van der Waals surface area (Å²) in [6.45, 7) is 0. The molecule has 14 heavy (non-hydrogen) atoms. The van der Waals surface area contributed by atoms with E-state index in [1.54, 1.807) is 23.1 Å². The number of thioether (sulfide) groups is 2. The first kappa shape index (κ1) is 11.2. The summed E-state index contributed by atoms with van der Waals surface area (Å²) in [5, 5.41) is 9.35. The molecule has 1 fully saturated rings. The third-order valence-electron chi connectivity index (χ3n) is 2.30. The Morgan fingerprint density at radius 3 is 2.64 bits per heavy atom. The van der Waals surface area contributed by atoms with Crippen molar-refractivity contribution in [1.82, 2.24) is 10.2 Å². The second-order valence-corrected chi connectivity index (χ2v) is 7.27. The van der Waals surface area contributed by atoms with Gasteiger partial charge in [0.25, 0.3) is 0 Å². The number of aromatic nitrogens is 2. The van der Waals surface area contributed by atoms with E-state index in [1.165, 1.54) is 18.6 Å². The van der Waals surface area contributed by atoms with Crippen molar-refractivity contribution in [3.8, 4) is 0 Å². The van der Waals surface area contributed by atoms with E-state index in [0.717, 1.165) is 14.0 Å². The van der Waals surface area contributed by atoms with Crippen molar-refractivity contribution < 1.29 is 0 Å². The zero-order chi connectivity index (χ0) is 10.0. The number of hydrogen-bond acceptors (Lipinski definition) is 5. The van der Waals surface area contributed by atoms with Crippen molar-refractivity contribution in [2.75, 3.05) is 17.3 Å². The summed E-state index contributed by atoms with van der Waals surface area (Å²) >= 11 is 8.79. The summed E-state index contributed by atoms with van der Waals surface area (Å²) in [7, 11) is 0. The van der Waals surface area contributed by atoms with Crippen molar-refractivity contribution >= 4 is 50.8 Å². The molecule has 1 aliphatic carbocycles. The number of hydrogen-bond donors (Lipinski definition) is 0. The molecule has 0 atom stereocenters. The highest BCUT2D eigenvalue weighted by Gasteiger charge is 2.41. The highest BCUT2D eigenvalue weighted by atomic mass is 79.9. The molecule has 2 rings (SSSR count). The Morgan fingerprint density at radius 2 is 2.14 bits per heavy atom. The minimum atomic E-state index is 0.565. The van der Waals surface area contributed by atoms with Crippen LogP contribution in [-0.4, -0.2) is 27.5 Å². The summed E-state index contributed by atoms with van der Waals surface area (Å²) < 4.78 is 2.18. The number of halogens is 1. The molecule has 1 aromatic rings. The average Bonchev–Trinajstić information content (AvgIpc) is 2.86. The normalized spacial score (nSPS) is 18.4. The molecule has 0 aliphatic heterocycles. The first-order chi connectivity index (χ1) is 6.78. The maximum atomic E-state index is 4.15. The molecule has 0 unspecified atom stereocenters. The van der Waals surface area contributed by atoms with Gasteiger partial charge in [0.15, 0.2) is 8.68 Å². The quantitative estimate of drug-likeness (QED) is 0.614. The van der Waals surface area contributed by atoms with Crippen LogP contribution < -0.4 is 0 Å². The summed E-state index contributed by atoms with van der Waals surface area (Å²) in [6, 6.07) is 0. The van der Waals surface area contributed by atoms with Crippen LogP contribution in [0.1, 0.15) is 12.8 Å². The Bertz CT molecular complexity index is 311. The lowest BCUT2D eigenvalue weighted by molar-refractivity contribution is 0.686. The van der Waals surface area contributed by atoms with Crippen molar-refractivity contribution in [1.29, 1.82) is 0 Å². The smallest absolute Gasteiger partial charge is 0.131 e. The van der Waals surface area contributed by atoms with Gasteiger partial charge in [0.1, 0.15) is 0 Å². The zero-order valence-electron chi connectivity index (χ0n) is 7.83. The van der Waals surface area contributed by atoms with E-state index in [1.807, 2.05) is 18.0 Å². The number of alkyl halides is 1. The Kier molecular flexibility index (Phi) is 3.79. The fraction of sp³-hybridized carbons (Fsp3) is 0.750. The van der Waals surface area contributed by atoms with Gasteiger partial charge in [-0.15, -0.1) is 10.2 Å². The van der Waals surface area contributed by atoms with Gasteiger partial charge in [-0.1, -0.05) is 50.8 Å². The zero-order valence-corrected chi connectivity index (χ0v) is 11.9. The van der Waals surface area contributed by atoms with Gasteiger partial charge in [-0.05, 0) is 24.5 Å². The third kappa shape index (κ3) is 2.65. The Morgan fingerprint density at radius 1 is 1.43 bits per heavy atom. The van der Waals surface area contributed by atoms with Gasteiger partial charge >= 0.3 is 0 Å². The van der Waals surface area contributed by atoms with Gasteiger partial charge in [-0.2, -0.15) is 0 Å². The lowest BCUT2D eigenvalue weighted by Crippen LogP contribution is -2.04. The molecule has 0 amide bonds. The van der Waals surface area contributed by atoms with Gasteiger partial charge in [0.2, 0.25) is 0 Å². The van der Waals surface area contributed by atoms with Crippen LogP contribution in [0, 0.1) is 5.41 Å². The molecule has 1 aromatic heterocycles.